The molecule has 0 aromatic rings. The van der Waals surface area contributed by atoms with Gasteiger partial charge in [0.1, 0.15) is 12.4 Å². The van der Waals surface area contributed by atoms with Crippen LogP contribution in [-0.2, 0) is 9.57 Å². The average molecular weight is 303 g/mol. The van der Waals surface area contributed by atoms with Crippen LogP contribution in [0.1, 0.15) is 19.8 Å². The van der Waals surface area contributed by atoms with E-state index in [2.05, 4.69) is 4.90 Å². The highest BCUT2D eigenvalue weighted by molar-refractivity contribution is 6.31. The molecule has 0 amide bonds. The molecule has 1 aliphatic heterocycles. The average Bonchev–Trinajstić information content (AvgIpc) is 2.94. The molecule has 2 unspecified atom stereocenters. The molecule has 1 N–H and O–H groups in total. The summed E-state index contributed by atoms with van der Waals surface area (Å²) in [6.45, 7) is 5.88. The zero-order chi connectivity index (χ0) is 14.5. The van der Waals surface area contributed by atoms with E-state index in [-0.39, 0.29) is 12.0 Å². The molecule has 2 atom stereocenters. The Morgan fingerprint density at radius 3 is 2.75 bits per heavy atom. The molecular weight excluding hydrogens is 280 g/mol. The molecule has 20 heavy (non-hydrogen) atoms. The van der Waals surface area contributed by atoms with Crippen molar-refractivity contribution in [3.8, 4) is 0 Å². The third-order valence-corrected chi connectivity index (χ3v) is 4.12. The largest absolute Gasteiger partial charge is 0.491 e. The highest BCUT2D eigenvalue weighted by Crippen LogP contribution is 2.29. The number of ether oxygens (including phenoxy) is 1. The summed E-state index contributed by atoms with van der Waals surface area (Å²) < 4.78 is 5.77. The van der Waals surface area contributed by atoms with E-state index in [4.69, 9.17) is 21.2 Å². The number of rotatable bonds is 6. The molecule has 0 bridgehead atoms. The fourth-order valence-corrected chi connectivity index (χ4v) is 2.84. The van der Waals surface area contributed by atoms with Crippen molar-refractivity contribution in [3.63, 3.8) is 0 Å². The molecule has 2 rings (SSSR count). The van der Waals surface area contributed by atoms with Crippen molar-refractivity contribution in [2.24, 2.45) is 5.92 Å². The molecule has 0 saturated carbocycles. The Balaban J connectivity index is 1.84. The SMILES string of the molecule is CON(O)C1C=C(Cl)C(OCCN2CCCC2)=CC1C. The summed E-state index contributed by atoms with van der Waals surface area (Å²) in [5.74, 6) is 0.753. The maximum absolute atomic E-state index is 9.61. The van der Waals surface area contributed by atoms with Gasteiger partial charge in [-0.3, -0.25) is 14.9 Å². The van der Waals surface area contributed by atoms with E-state index in [0.29, 0.717) is 17.4 Å². The zero-order valence-corrected chi connectivity index (χ0v) is 12.8. The Morgan fingerprint density at radius 2 is 2.10 bits per heavy atom. The summed E-state index contributed by atoms with van der Waals surface area (Å²) in [6, 6.07) is -0.293. The number of halogens is 1. The third-order valence-electron chi connectivity index (χ3n) is 3.81. The fraction of sp³-hybridized carbons (Fsp3) is 0.714. The number of hydrogen-bond donors (Lipinski definition) is 1. The first-order valence-electron chi connectivity index (χ1n) is 7.08. The number of nitrogens with zero attached hydrogens (tertiary/aromatic N) is 2. The van der Waals surface area contributed by atoms with Gasteiger partial charge in [0, 0.05) is 12.5 Å². The van der Waals surface area contributed by atoms with Crippen molar-refractivity contribution in [1.82, 2.24) is 10.1 Å². The number of allylic oxidation sites excluding steroid dienone is 1. The summed E-state index contributed by atoms with van der Waals surface area (Å²) in [5.41, 5.74) is 0. The van der Waals surface area contributed by atoms with Gasteiger partial charge in [-0.2, -0.15) is 0 Å². The first-order valence-corrected chi connectivity index (χ1v) is 7.46. The van der Waals surface area contributed by atoms with Crippen LogP contribution < -0.4 is 0 Å². The summed E-state index contributed by atoms with van der Waals surface area (Å²) in [6.07, 6.45) is 6.25. The van der Waals surface area contributed by atoms with Gasteiger partial charge in [-0.15, -0.1) is 0 Å². The predicted octanol–water partition coefficient (Wildman–Crippen LogP) is 2.38. The summed E-state index contributed by atoms with van der Waals surface area (Å²) in [7, 11) is 1.42. The lowest BCUT2D eigenvalue weighted by molar-refractivity contribution is -0.345. The van der Waals surface area contributed by atoms with Crippen molar-refractivity contribution < 1.29 is 14.8 Å². The van der Waals surface area contributed by atoms with E-state index in [0.717, 1.165) is 24.9 Å². The van der Waals surface area contributed by atoms with Gasteiger partial charge in [0.15, 0.2) is 0 Å². The second-order valence-corrected chi connectivity index (χ2v) is 5.68. The van der Waals surface area contributed by atoms with E-state index in [1.165, 1.54) is 20.0 Å². The summed E-state index contributed by atoms with van der Waals surface area (Å²) in [4.78, 5) is 7.20. The minimum atomic E-state index is -0.293. The van der Waals surface area contributed by atoms with E-state index < -0.39 is 0 Å². The monoisotopic (exact) mass is 302 g/mol. The molecule has 1 fully saturated rings. The molecule has 114 valence electrons. The van der Waals surface area contributed by atoms with Crippen LogP contribution in [0.4, 0.5) is 0 Å². The van der Waals surface area contributed by atoms with Gasteiger partial charge in [-0.05, 0) is 38.1 Å². The second kappa shape index (κ2) is 7.43. The van der Waals surface area contributed by atoms with E-state index in [9.17, 15) is 5.21 Å². The fourth-order valence-electron chi connectivity index (χ4n) is 2.60. The molecule has 1 saturated heterocycles. The lowest BCUT2D eigenvalue weighted by Crippen LogP contribution is -2.36. The van der Waals surface area contributed by atoms with Gasteiger partial charge in [-0.25, -0.2) is 0 Å². The first kappa shape index (κ1) is 15.8. The molecule has 0 aromatic carbocycles. The van der Waals surface area contributed by atoms with Crippen LogP contribution in [0, 0.1) is 5.92 Å². The standard InChI is InChI=1S/C14H23ClN2O3/c1-11-9-14(12(15)10-13(11)17(18)19-2)20-8-7-16-5-3-4-6-16/h9-11,13,18H,3-8H2,1-2H3. The summed E-state index contributed by atoms with van der Waals surface area (Å²) in [5, 5.41) is 10.9. The first-order chi connectivity index (χ1) is 9.61. The van der Waals surface area contributed by atoms with Crippen LogP contribution in [0.2, 0.25) is 0 Å². The van der Waals surface area contributed by atoms with Crippen molar-refractivity contribution in [1.29, 1.82) is 0 Å². The molecule has 1 heterocycles. The molecular formula is C14H23ClN2O3. The van der Waals surface area contributed by atoms with Crippen LogP contribution in [0.25, 0.3) is 0 Å². The van der Waals surface area contributed by atoms with Gasteiger partial charge in [0.05, 0.1) is 18.2 Å². The molecule has 0 aromatic heterocycles. The minimum absolute atomic E-state index is 0.0595. The van der Waals surface area contributed by atoms with Crippen molar-refractivity contribution in [2.45, 2.75) is 25.8 Å². The third kappa shape index (κ3) is 3.96. The van der Waals surface area contributed by atoms with Crippen LogP contribution in [0.5, 0.6) is 0 Å². The lowest BCUT2D eigenvalue weighted by atomic mass is 9.96. The van der Waals surface area contributed by atoms with Crippen molar-refractivity contribution >= 4 is 11.6 Å². The highest BCUT2D eigenvalue weighted by Gasteiger charge is 2.27. The number of hydrogen-bond acceptors (Lipinski definition) is 5. The van der Waals surface area contributed by atoms with Crippen molar-refractivity contribution in [2.75, 3.05) is 33.4 Å². The normalized spacial score (nSPS) is 27.6. The van der Waals surface area contributed by atoms with E-state index >= 15 is 0 Å². The van der Waals surface area contributed by atoms with Gasteiger partial charge < -0.3 is 4.74 Å². The van der Waals surface area contributed by atoms with Crippen LogP contribution in [0.15, 0.2) is 22.9 Å². The molecule has 0 spiro atoms. The molecule has 6 heteroatoms. The molecule has 0 radical (unpaired) electrons. The Morgan fingerprint density at radius 1 is 1.40 bits per heavy atom. The second-order valence-electron chi connectivity index (χ2n) is 5.28. The molecule has 1 aliphatic carbocycles. The van der Waals surface area contributed by atoms with Crippen LogP contribution in [-0.4, -0.2) is 54.7 Å². The van der Waals surface area contributed by atoms with Gasteiger partial charge in [0.2, 0.25) is 0 Å². The maximum Gasteiger partial charge on any atom is 0.134 e. The Hall–Kier alpha value is -0.590. The van der Waals surface area contributed by atoms with E-state index in [1.54, 1.807) is 6.08 Å². The van der Waals surface area contributed by atoms with Gasteiger partial charge >= 0.3 is 0 Å². The van der Waals surface area contributed by atoms with Crippen molar-refractivity contribution in [3.05, 3.63) is 22.9 Å². The Kier molecular flexibility index (Phi) is 5.86. The highest BCUT2D eigenvalue weighted by atomic mass is 35.5. The van der Waals surface area contributed by atoms with Crippen LogP contribution >= 0.6 is 11.6 Å². The smallest absolute Gasteiger partial charge is 0.134 e. The van der Waals surface area contributed by atoms with Gasteiger partial charge in [0.25, 0.3) is 0 Å². The topological polar surface area (TPSA) is 45.2 Å². The van der Waals surface area contributed by atoms with E-state index in [1.807, 2.05) is 13.0 Å². The van der Waals surface area contributed by atoms with Gasteiger partial charge in [-0.1, -0.05) is 23.8 Å². The summed E-state index contributed by atoms with van der Waals surface area (Å²) >= 11 is 6.20. The molecule has 5 nitrogen and oxygen atoms in total. The Labute approximate surface area is 125 Å². The minimum Gasteiger partial charge on any atom is -0.491 e. The molecule has 2 aliphatic rings. The number of hydroxylamine groups is 2. The van der Waals surface area contributed by atoms with Crippen LogP contribution in [0.3, 0.4) is 0 Å². The zero-order valence-electron chi connectivity index (χ0n) is 12.1. The number of likely N-dealkylation sites (tertiary alicyclic amines) is 1. The predicted molar refractivity (Wildman–Crippen MR) is 77.2 cm³/mol. The quantitative estimate of drug-likeness (QED) is 0.763. The lowest BCUT2D eigenvalue weighted by Gasteiger charge is -2.29. The maximum atomic E-state index is 9.61. The Bertz CT molecular complexity index is 381.